The van der Waals surface area contributed by atoms with Gasteiger partial charge in [0.2, 0.25) is 0 Å². The molecule has 0 fully saturated rings. The van der Waals surface area contributed by atoms with Crippen LogP contribution in [0.2, 0.25) is 0 Å². The van der Waals surface area contributed by atoms with Gasteiger partial charge in [0.25, 0.3) is 0 Å². The Morgan fingerprint density at radius 1 is 0.382 bits per heavy atom. The molecule has 15 aromatic rings. The molecule has 9 aromatic carbocycles. The molecule has 19 rings (SSSR count). The SMILES string of the molecule is C1=CC2=Nc3c(c4cccc5c6ccc7c8cc(-c9cccc(-c%10ccc%11ccc(-c%12cc%13c%14c(n%15c%13c(c%12)c%12ccc%13c%16ccccc%16sc%13c%12%15)NC%12C=CC=CC%12=N%14)cc%11c%10)c9)ccc8sc7c6n3c45)NC2C=C1. The number of benzene rings is 9. The summed E-state index contributed by atoms with van der Waals surface area (Å²) in [6.07, 6.45) is 17.1. The molecule has 2 unspecified atom stereocenters. The molecule has 2 aliphatic heterocycles. The van der Waals surface area contributed by atoms with Crippen LogP contribution in [0.15, 0.2) is 216 Å². The van der Waals surface area contributed by atoms with Gasteiger partial charge in [0.1, 0.15) is 11.5 Å². The second kappa shape index (κ2) is 14.3. The smallest absolute Gasteiger partial charge is 0.162 e. The quantitative estimate of drug-likeness (QED) is 0.185. The first-order valence-electron chi connectivity index (χ1n) is 26.0. The molecule has 2 N–H and O–H groups in total. The van der Waals surface area contributed by atoms with Crippen molar-refractivity contribution >= 4 is 163 Å². The van der Waals surface area contributed by atoms with Crippen molar-refractivity contribution in [2.45, 2.75) is 12.1 Å². The predicted molar refractivity (Wildman–Crippen MR) is 326 cm³/mol. The molecule has 8 heterocycles. The molecule has 0 spiro atoms. The minimum Gasteiger partial charge on any atom is -0.370 e. The van der Waals surface area contributed by atoms with Gasteiger partial charge in [-0.15, -0.1) is 22.7 Å². The van der Waals surface area contributed by atoms with E-state index in [-0.39, 0.29) is 12.1 Å². The molecule has 8 heteroatoms. The van der Waals surface area contributed by atoms with Crippen molar-refractivity contribution in [1.29, 1.82) is 0 Å². The average Bonchev–Trinajstić information content (AvgIpc) is 4.51. The Kier molecular flexibility index (Phi) is 7.53. The Labute approximate surface area is 441 Å². The van der Waals surface area contributed by atoms with E-state index in [0.717, 1.165) is 34.4 Å². The number of rotatable bonds is 3. The third kappa shape index (κ3) is 5.19. The van der Waals surface area contributed by atoms with Gasteiger partial charge in [-0.3, -0.25) is 8.80 Å². The van der Waals surface area contributed by atoms with Crippen LogP contribution in [0.1, 0.15) is 0 Å². The van der Waals surface area contributed by atoms with E-state index in [2.05, 4.69) is 226 Å². The van der Waals surface area contributed by atoms with Gasteiger partial charge in [-0.05, 0) is 105 Å². The highest BCUT2D eigenvalue weighted by atomic mass is 32.1. The van der Waals surface area contributed by atoms with E-state index in [1.54, 1.807) is 0 Å². The zero-order valence-electron chi connectivity index (χ0n) is 40.4. The van der Waals surface area contributed by atoms with Crippen molar-refractivity contribution in [1.82, 2.24) is 8.80 Å². The number of aliphatic imine (C=N–C) groups is 2. The Morgan fingerprint density at radius 2 is 0.961 bits per heavy atom. The van der Waals surface area contributed by atoms with E-state index in [9.17, 15) is 0 Å². The van der Waals surface area contributed by atoms with Crippen molar-refractivity contribution in [2.24, 2.45) is 9.98 Å². The van der Waals surface area contributed by atoms with Crippen LogP contribution in [0.25, 0.3) is 139 Å². The number of hydrogen-bond donors (Lipinski definition) is 2. The van der Waals surface area contributed by atoms with Gasteiger partial charge in [0.15, 0.2) is 5.82 Å². The largest absolute Gasteiger partial charge is 0.370 e. The number of aromatic nitrogens is 2. The van der Waals surface area contributed by atoms with Crippen molar-refractivity contribution in [3.8, 4) is 33.4 Å². The molecule has 6 nitrogen and oxygen atoms in total. The van der Waals surface area contributed by atoms with Crippen LogP contribution in [0.5, 0.6) is 0 Å². The number of thiophene rings is 2. The Balaban J connectivity index is 0.727. The molecular formula is C68H38N6S2. The maximum absolute atomic E-state index is 5.41. The lowest BCUT2D eigenvalue weighted by Crippen LogP contribution is -2.30. The highest BCUT2D eigenvalue weighted by Crippen LogP contribution is 2.53. The maximum Gasteiger partial charge on any atom is 0.162 e. The molecular weight excluding hydrogens is 965 g/mol. The minimum atomic E-state index is 0.0283. The molecule has 0 saturated heterocycles. The van der Waals surface area contributed by atoms with Crippen LogP contribution < -0.4 is 10.6 Å². The van der Waals surface area contributed by atoms with Crippen molar-refractivity contribution in [3.05, 3.63) is 206 Å². The third-order valence-corrected chi connectivity index (χ3v) is 19.3. The lowest BCUT2D eigenvalue weighted by atomic mass is 9.94. The Bertz CT molecular complexity index is 5370. The summed E-state index contributed by atoms with van der Waals surface area (Å²) in [6.45, 7) is 0. The summed E-state index contributed by atoms with van der Waals surface area (Å²) in [5.41, 5.74) is 16.4. The first-order valence-corrected chi connectivity index (χ1v) is 27.7. The summed E-state index contributed by atoms with van der Waals surface area (Å²) < 4.78 is 10.1. The lowest BCUT2D eigenvalue weighted by molar-refractivity contribution is 1.09. The number of para-hydroxylation sites is 1. The summed E-state index contributed by atoms with van der Waals surface area (Å²) in [6, 6.07) is 59.7. The monoisotopic (exact) mass is 1000 g/mol. The molecule has 76 heavy (non-hydrogen) atoms. The van der Waals surface area contributed by atoms with Crippen molar-refractivity contribution in [3.63, 3.8) is 0 Å². The molecule has 0 radical (unpaired) electrons. The number of anilines is 2. The second-order valence-corrected chi connectivity index (χ2v) is 23.0. The molecule has 2 atom stereocenters. The highest BCUT2D eigenvalue weighted by Gasteiger charge is 2.32. The Morgan fingerprint density at radius 3 is 1.79 bits per heavy atom. The molecule has 2 aliphatic carbocycles. The summed E-state index contributed by atoms with van der Waals surface area (Å²) in [5, 5.41) is 22.8. The first kappa shape index (κ1) is 40.1. The number of allylic oxidation sites excluding steroid dienone is 4. The van der Waals surface area contributed by atoms with Gasteiger partial charge in [-0.1, -0.05) is 146 Å². The first-order chi connectivity index (χ1) is 37.6. The summed E-state index contributed by atoms with van der Waals surface area (Å²) >= 11 is 3.78. The minimum absolute atomic E-state index is 0.0283. The highest BCUT2D eigenvalue weighted by molar-refractivity contribution is 7.27. The molecule has 4 aliphatic rings. The van der Waals surface area contributed by atoms with E-state index in [1.807, 2.05) is 22.7 Å². The van der Waals surface area contributed by atoms with Crippen LogP contribution in [0, 0.1) is 0 Å². The van der Waals surface area contributed by atoms with Gasteiger partial charge in [0, 0.05) is 63.3 Å². The van der Waals surface area contributed by atoms with E-state index < -0.39 is 0 Å². The van der Waals surface area contributed by atoms with E-state index >= 15 is 0 Å². The fourth-order valence-corrected chi connectivity index (χ4v) is 15.9. The molecule has 352 valence electrons. The van der Waals surface area contributed by atoms with Gasteiger partial charge >= 0.3 is 0 Å². The van der Waals surface area contributed by atoms with Crippen molar-refractivity contribution in [2.75, 3.05) is 10.6 Å². The topological polar surface area (TPSA) is 57.6 Å². The van der Waals surface area contributed by atoms with E-state index in [0.29, 0.717) is 0 Å². The van der Waals surface area contributed by atoms with E-state index in [1.165, 1.54) is 139 Å². The molecule has 6 aromatic heterocycles. The Hall–Kier alpha value is -9.34. The van der Waals surface area contributed by atoms with Gasteiger partial charge in [-0.2, -0.15) is 0 Å². The normalized spacial score (nSPS) is 16.8. The summed E-state index contributed by atoms with van der Waals surface area (Å²) in [5.74, 6) is 2.06. The summed E-state index contributed by atoms with van der Waals surface area (Å²) in [4.78, 5) is 10.7. The predicted octanol–water partition coefficient (Wildman–Crippen LogP) is 18.6. The lowest BCUT2D eigenvalue weighted by Gasteiger charge is -2.23. The number of nitrogens with zero attached hydrogens (tertiary/aromatic N) is 4. The zero-order chi connectivity index (χ0) is 49.1. The second-order valence-electron chi connectivity index (χ2n) is 20.9. The van der Waals surface area contributed by atoms with Gasteiger partial charge in [-0.25, -0.2) is 9.98 Å². The fourth-order valence-electron chi connectivity index (χ4n) is 13.5. The van der Waals surface area contributed by atoms with E-state index in [4.69, 9.17) is 9.98 Å². The van der Waals surface area contributed by atoms with Gasteiger partial charge in [0.05, 0.1) is 60.7 Å². The average molecular weight is 1000 g/mol. The standard InChI is InChI=1S/C68H38N6S2/c1-6-18-57-43(11-1)47-26-25-46-51-33-42(34-52-60-68(72-56-17-5-3-15-54(56)70-60)74(62(51)52)64(46)65(47)75-57)39-22-20-35-19-21-38(30-41(35)31-39)36-9-7-10-37(29-36)40-23-28-58-50(32-40)48-27-24-45-44-12-8-13-49-59-67(71-55-16-4-2-14-53(55)69-59)73(61(44)49)63(45)66(48)76-58/h1-34,53,56,69,72H. The fraction of sp³-hybridized carbons (Fsp3) is 0.0294. The van der Waals surface area contributed by atoms with Crippen LogP contribution in [-0.4, -0.2) is 32.3 Å². The molecule has 0 bridgehead atoms. The van der Waals surface area contributed by atoms with Crippen LogP contribution in [-0.2, 0) is 0 Å². The van der Waals surface area contributed by atoms with Gasteiger partial charge < -0.3 is 10.6 Å². The van der Waals surface area contributed by atoms with Crippen LogP contribution >= 0.6 is 22.7 Å². The summed E-state index contributed by atoms with van der Waals surface area (Å²) in [7, 11) is 0. The van der Waals surface area contributed by atoms with Crippen LogP contribution in [0.3, 0.4) is 0 Å². The zero-order valence-corrected chi connectivity index (χ0v) is 42.0. The maximum atomic E-state index is 5.41. The number of hydrogen-bond acceptors (Lipinski definition) is 6. The van der Waals surface area contributed by atoms with Crippen LogP contribution in [0.4, 0.5) is 23.0 Å². The number of nitrogens with one attached hydrogen (secondary N) is 2. The van der Waals surface area contributed by atoms with Crippen molar-refractivity contribution < 1.29 is 0 Å². The molecule has 0 saturated carbocycles. The third-order valence-electron chi connectivity index (χ3n) is 16.9. The molecule has 0 amide bonds. The number of fused-ring (bicyclic) bond motifs is 23.